The van der Waals surface area contributed by atoms with Gasteiger partial charge in [-0.25, -0.2) is 0 Å². The lowest BCUT2D eigenvalue weighted by Crippen LogP contribution is -2.11. The third-order valence-electron chi connectivity index (χ3n) is 19.6. The summed E-state index contributed by atoms with van der Waals surface area (Å²) < 4.78 is 10.2. The van der Waals surface area contributed by atoms with Crippen molar-refractivity contribution >= 4 is 131 Å². The number of nitrogens with zero attached hydrogens (tertiary/aromatic N) is 4. The van der Waals surface area contributed by atoms with Crippen LogP contribution in [0.15, 0.2) is 224 Å². The molecule has 6 heterocycles. The average Bonchev–Trinajstić information content (AvgIpc) is 1.59. The monoisotopic (exact) mass is 1100 g/mol. The molecular weight excluding hydrogens is 1040 g/mol. The van der Waals surface area contributed by atoms with Gasteiger partial charge in [0, 0.05) is 87.1 Å². The van der Waals surface area contributed by atoms with Crippen LogP contribution in [0.25, 0.3) is 164 Å². The van der Waals surface area contributed by atoms with Gasteiger partial charge < -0.3 is 17.9 Å². The summed E-state index contributed by atoms with van der Waals surface area (Å²) in [6.45, 7) is 21.4. The van der Waals surface area contributed by atoms with Crippen molar-refractivity contribution < 1.29 is 0 Å². The highest BCUT2D eigenvalue weighted by molar-refractivity contribution is 6.34. The molecule has 0 aliphatic heterocycles. The molecule has 0 amide bonds. The highest BCUT2D eigenvalue weighted by Crippen LogP contribution is 2.52. The molecule has 0 bridgehead atoms. The fraction of sp³-hybridized carbons (Fsp3) is 0.146. The lowest BCUT2D eigenvalue weighted by Gasteiger charge is -2.22. The summed E-state index contributed by atoms with van der Waals surface area (Å²) in [6, 6.07) is 85.9. The van der Waals surface area contributed by atoms with Crippen LogP contribution in [0.4, 0.5) is 0 Å². The van der Waals surface area contributed by atoms with Gasteiger partial charge in [-0.1, -0.05) is 172 Å². The van der Waals surface area contributed by atoms with E-state index >= 15 is 0 Å². The van der Waals surface area contributed by atoms with E-state index in [-0.39, 0.29) is 16.2 Å². The summed E-state index contributed by atoms with van der Waals surface area (Å²) in [7, 11) is 0. The Labute approximate surface area is 499 Å². The van der Waals surface area contributed by atoms with Gasteiger partial charge in [-0.3, -0.25) is 0 Å². The van der Waals surface area contributed by atoms with Gasteiger partial charge >= 0.3 is 0 Å². The highest BCUT2D eigenvalue weighted by atomic mass is 15.0. The van der Waals surface area contributed by atoms with E-state index in [9.17, 15) is 0 Å². The van der Waals surface area contributed by atoms with Gasteiger partial charge in [0.15, 0.2) is 0 Å². The minimum atomic E-state index is -0.111. The maximum atomic E-state index is 2.68. The third kappa shape index (κ3) is 6.70. The van der Waals surface area contributed by atoms with E-state index in [0.29, 0.717) is 0 Å². The zero-order valence-electron chi connectivity index (χ0n) is 50.2. The predicted octanol–water partition coefficient (Wildman–Crippen LogP) is 22.6. The molecule has 0 aliphatic carbocycles. The molecule has 0 radical (unpaired) electrons. The van der Waals surface area contributed by atoms with Gasteiger partial charge in [-0.15, -0.1) is 0 Å². The molecule has 18 aromatic rings. The third-order valence-corrected chi connectivity index (χ3v) is 19.6. The van der Waals surface area contributed by atoms with Gasteiger partial charge in [-0.05, 0) is 170 Å². The van der Waals surface area contributed by atoms with E-state index in [1.165, 1.54) is 175 Å². The van der Waals surface area contributed by atoms with Crippen molar-refractivity contribution in [3.63, 3.8) is 0 Å². The summed E-state index contributed by atoms with van der Waals surface area (Å²) in [4.78, 5) is 0. The first-order chi connectivity index (χ1) is 41.6. The molecule has 0 aliphatic rings. The molecule has 4 nitrogen and oxygen atoms in total. The largest absolute Gasteiger partial charge is 0.309 e. The van der Waals surface area contributed by atoms with Gasteiger partial charge in [-0.2, -0.15) is 0 Å². The van der Waals surface area contributed by atoms with Crippen LogP contribution in [0.1, 0.15) is 79.0 Å². The number of rotatable bonds is 4. The van der Waals surface area contributed by atoms with Crippen LogP contribution in [0.2, 0.25) is 0 Å². The molecule has 0 saturated heterocycles. The summed E-state index contributed by atoms with van der Waals surface area (Å²) in [5, 5.41) is 17.9. The molecule has 0 atom stereocenters. The highest BCUT2D eigenvalue weighted by Gasteiger charge is 2.31. The van der Waals surface area contributed by atoms with Crippen LogP contribution in [-0.2, 0) is 16.2 Å². The number of hydrogen-bond acceptors (Lipinski definition) is 0. The maximum Gasteiger partial charge on any atom is 0.0626 e. The topological polar surface area (TPSA) is 18.7 Å². The van der Waals surface area contributed by atoms with E-state index in [1.807, 2.05) is 0 Å². The summed E-state index contributed by atoms with van der Waals surface area (Å²) >= 11 is 0. The number of aromatic nitrogens is 4. The second-order valence-electron chi connectivity index (χ2n) is 27.8. The van der Waals surface area contributed by atoms with E-state index in [2.05, 4.69) is 305 Å². The molecule has 0 N–H and O–H groups in total. The Balaban J connectivity index is 0.987. The minimum absolute atomic E-state index is 0.102. The van der Waals surface area contributed by atoms with Crippen molar-refractivity contribution in [3.8, 4) is 33.6 Å². The van der Waals surface area contributed by atoms with Crippen LogP contribution in [-0.4, -0.2) is 17.9 Å². The molecule has 4 heteroatoms. The van der Waals surface area contributed by atoms with Crippen molar-refractivity contribution in [2.24, 2.45) is 0 Å². The van der Waals surface area contributed by atoms with Crippen molar-refractivity contribution in [3.05, 3.63) is 241 Å². The van der Waals surface area contributed by atoms with Crippen LogP contribution >= 0.6 is 0 Å². The van der Waals surface area contributed by atoms with Crippen molar-refractivity contribution in [2.75, 3.05) is 0 Å². The van der Waals surface area contributed by atoms with Crippen molar-refractivity contribution in [2.45, 2.75) is 78.6 Å². The van der Waals surface area contributed by atoms with Crippen molar-refractivity contribution in [1.29, 1.82) is 0 Å². The molecule has 0 spiro atoms. The summed E-state index contributed by atoms with van der Waals surface area (Å²) in [5.41, 5.74) is 23.4. The Morgan fingerprint density at radius 3 is 1.13 bits per heavy atom. The molecular formula is C82H64N4. The molecule has 412 valence electrons. The van der Waals surface area contributed by atoms with Gasteiger partial charge in [0.1, 0.15) is 0 Å². The molecule has 0 unspecified atom stereocenters. The smallest absolute Gasteiger partial charge is 0.0626 e. The molecule has 86 heavy (non-hydrogen) atoms. The van der Waals surface area contributed by atoms with Gasteiger partial charge in [0.2, 0.25) is 0 Å². The first-order valence-corrected chi connectivity index (χ1v) is 30.7. The standard InChI is InChI=1S/C82H64N4/c1-80(2,3)50-39-59(49-33-35-72-61(38-49)57-29-19-21-31-70(57)84(72)54-25-14-11-15-26-54)76-66(42-50)67-43-51(81(4,5)6)40-64-62-46-74-63(45-73(62)85(76)77(64)67)65-41-52(82(7,8)9)44-68-75-55-27-17-16-22-47(55)36-58(79(75)86(74)78(65)68)48-32-34-71-60(37-48)56-28-18-20-30-69(56)83(71)53-23-12-10-13-24-53/h10-46H,1-9H3. The van der Waals surface area contributed by atoms with Crippen molar-refractivity contribution in [1.82, 2.24) is 17.9 Å². The molecule has 0 fully saturated rings. The Hall–Kier alpha value is -9.90. The number of hydrogen-bond donors (Lipinski definition) is 0. The Kier molecular flexibility index (Phi) is 9.74. The molecule has 18 rings (SSSR count). The Bertz CT molecular complexity index is 5920. The van der Waals surface area contributed by atoms with E-state index in [0.717, 1.165) is 5.69 Å². The quantitative estimate of drug-likeness (QED) is 0.167. The van der Waals surface area contributed by atoms with E-state index in [1.54, 1.807) is 0 Å². The number of para-hydroxylation sites is 4. The zero-order valence-corrected chi connectivity index (χ0v) is 50.2. The molecule has 0 saturated carbocycles. The average molecular weight is 1110 g/mol. The van der Waals surface area contributed by atoms with Crippen LogP contribution in [0.3, 0.4) is 0 Å². The van der Waals surface area contributed by atoms with E-state index < -0.39 is 0 Å². The SMILES string of the molecule is CC(C)(C)c1cc(-c2ccc3c(c2)c2ccccc2n3-c2ccccc2)c2c(c1)c1cc(C(C)(C)C)cc3c4cc5c(cc4n2c31)c1cc(C(C)(C)C)cc2c3c4ccccc4cc(-c4ccc6c(c4)c4ccccc4n6-c4ccccc4)c3n5c12. The Morgan fingerprint density at radius 1 is 0.244 bits per heavy atom. The minimum Gasteiger partial charge on any atom is -0.309 e. The first kappa shape index (κ1) is 49.5. The summed E-state index contributed by atoms with van der Waals surface area (Å²) in [5.74, 6) is 0. The summed E-state index contributed by atoms with van der Waals surface area (Å²) in [6.07, 6.45) is 0. The zero-order chi connectivity index (χ0) is 58.0. The van der Waals surface area contributed by atoms with Crippen LogP contribution in [0.5, 0.6) is 0 Å². The Morgan fingerprint density at radius 2 is 0.616 bits per heavy atom. The lowest BCUT2D eigenvalue weighted by molar-refractivity contribution is 0.591. The van der Waals surface area contributed by atoms with Gasteiger partial charge in [0.05, 0.1) is 55.2 Å². The maximum absolute atomic E-state index is 2.68. The first-order valence-electron chi connectivity index (χ1n) is 30.7. The second kappa shape index (κ2) is 16.9. The van der Waals surface area contributed by atoms with Crippen LogP contribution in [0, 0.1) is 0 Å². The van der Waals surface area contributed by atoms with Crippen LogP contribution < -0.4 is 0 Å². The van der Waals surface area contributed by atoms with Gasteiger partial charge in [0.25, 0.3) is 0 Å². The number of fused-ring (bicyclic) bond motifs is 20. The second-order valence-corrected chi connectivity index (χ2v) is 27.8. The van der Waals surface area contributed by atoms with E-state index in [4.69, 9.17) is 0 Å². The fourth-order valence-corrected chi connectivity index (χ4v) is 15.3. The normalized spacial score (nSPS) is 13.2. The fourth-order valence-electron chi connectivity index (χ4n) is 15.3. The number of benzene rings is 12. The lowest BCUT2D eigenvalue weighted by atomic mass is 9.83. The molecule has 12 aromatic carbocycles. The molecule has 6 aromatic heterocycles. The predicted molar refractivity (Wildman–Crippen MR) is 369 cm³/mol.